The van der Waals surface area contributed by atoms with Crippen molar-refractivity contribution in [2.24, 2.45) is 0 Å². The van der Waals surface area contributed by atoms with E-state index in [9.17, 15) is 4.79 Å². The van der Waals surface area contributed by atoms with Crippen molar-refractivity contribution >= 4 is 16.7 Å². The van der Waals surface area contributed by atoms with Gasteiger partial charge >= 0.3 is 0 Å². The van der Waals surface area contributed by atoms with Gasteiger partial charge in [0.05, 0.1) is 0 Å². The van der Waals surface area contributed by atoms with Gasteiger partial charge in [-0.3, -0.25) is 0 Å². The summed E-state index contributed by atoms with van der Waals surface area (Å²) >= 11 is 0. The van der Waals surface area contributed by atoms with Crippen molar-refractivity contribution in [2.45, 2.75) is 26.3 Å². The van der Waals surface area contributed by atoms with Gasteiger partial charge in [0.25, 0.3) is 0 Å². The molecule has 3 heteroatoms. The van der Waals surface area contributed by atoms with Crippen molar-refractivity contribution in [1.29, 1.82) is 0 Å². The Kier molecular flexibility index (Phi) is 3.94. The van der Waals surface area contributed by atoms with E-state index in [1.54, 1.807) is 6.92 Å². The Hall–Kier alpha value is -1.61. The van der Waals surface area contributed by atoms with Crippen LogP contribution in [0, 0.1) is 0 Å². The molecule has 1 aromatic carbocycles. The van der Waals surface area contributed by atoms with E-state index in [4.69, 9.17) is 0 Å². The molecule has 0 aliphatic carbocycles. The van der Waals surface area contributed by atoms with Crippen LogP contribution in [0.25, 0.3) is 10.9 Å². The van der Waals surface area contributed by atoms with Crippen LogP contribution in [-0.4, -0.2) is 17.3 Å². The van der Waals surface area contributed by atoms with Gasteiger partial charge in [-0.1, -0.05) is 18.2 Å². The van der Waals surface area contributed by atoms with E-state index in [0.717, 1.165) is 19.5 Å². The quantitative estimate of drug-likeness (QED) is 0.749. The third kappa shape index (κ3) is 3.17. The largest absolute Gasteiger partial charge is 0.361 e. The molecule has 0 aliphatic rings. The molecule has 17 heavy (non-hydrogen) atoms. The molecule has 1 aromatic heterocycles. The first-order valence-corrected chi connectivity index (χ1v) is 6.02. The first-order valence-electron chi connectivity index (χ1n) is 6.02. The zero-order chi connectivity index (χ0) is 12.1. The molecule has 0 amide bonds. The highest BCUT2D eigenvalue weighted by Crippen LogP contribution is 2.17. The summed E-state index contributed by atoms with van der Waals surface area (Å²) < 4.78 is 0. The molecule has 2 aromatic rings. The van der Waals surface area contributed by atoms with Gasteiger partial charge in [-0.05, 0) is 31.5 Å². The summed E-state index contributed by atoms with van der Waals surface area (Å²) in [5.41, 5.74) is 2.46. The third-order valence-electron chi connectivity index (χ3n) is 2.87. The number of aromatic nitrogens is 1. The number of H-pyrrole nitrogens is 1. The summed E-state index contributed by atoms with van der Waals surface area (Å²) in [5.74, 6) is 0.263. The first-order chi connectivity index (χ1) is 8.27. The Morgan fingerprint density at radius 2 is 2.18 bits per heavy atom. The number of hydrogen-bond acceptors (Lipinski definition) is 2. The summed E-state index contributed by atoms with van der Waals surface area (Å²) in [4.78, 5) is 14.0. The number of carbonyl (C=O) groups is 1. The lowest BCUT2D eigenvalue weighted by Crippen LogP contribution is -2.15. The maximum Gasteiger partial charge on any atom is 0.129 e. The number of para-hydroxylation sites is 1. The number of ketones is 1. The number of carbonyl (C=O) groups excluding carboxylic acids is 1. The van der Waals surface area contributed by atoms with Crippen LogP contribution in [0.2, 0.25) is 0 Å². The number of hydrogen-bond donors (Lipinski definition) is 2. The second kappa shape index (κ2) is 5.64. The van der Waals surface area contributed by atoms with Crippen molar-refractivity contribution in [3.8, 4) is 0 Å². The molecule has 0 spiro atoms. The molecule has 0 bridgehead atoms. The van der Waals surface area contributed by atoms with Gasteiger partial charge in [0.2, 0.25) is 0 Å². The van der Waals surface area contributed by atoms with E-state index >= 15 is 0 Å². The number of Topliss-reactive ketones (excluding diaryl/α,β-unsaturated/α-hetero) is 1. The topological polar surface area (TPSA) is 44.9 Å². The number of nitrogens with one attached hydrogen (secondary N) is 2. The minimum Gasteiger partial charge on any atom is -0.361 e. The van der Waals surface area contributed by atoms with Crippen LogP contribution in [0.15, 0.2) is 30.5 Å². The van der Waals surface area contributed by atoms with Crippen LogP contribution < -0.4 is 5.32 Å². The molecule has 1 heterocycles. The smallest absolute Gasteiger partial charge is 0.129 e. The van der Waals surface area contributed by atoms with E-state index < -0.39 is 0 Å². The van der Waals surface area contributed by atoms with Crippen molar-refractivity contribution in [3.63, 3.8) is 0 Å². The van der Waals surface area contributed by atoms with E-state index in [1.165, 1.54) is 16.5 Å². The van der Waals surface area contributed by atoms with Crippen molar-refractivity contribution in [2.75, 3.05) is 6.54 Å². The number of aromatic amines is 1. The lowest BCUT2D eigenvalue weighted by Gasteiger charge is -2.02. The summed E-state index contributed by atoms with van der Waals surface area (Å²) in [6.45, 7) is 3.38. The van der Waals surface area contributed by atoms with Crippen LogP contribution in [0.5, 0.6) is 0 Å². The molecular formula is C14H18N2O. The molecule has 0 fully saturated rings. The maximum absolute atomic E-state index is 10.8. The number of rotatable bonds is 6. The fourth-order valence-electron chi connectivity index (χ4n) is 1.96. The zero-order valence-corrected chi connectivity index (χ0v) is 10.1. The molecule has 0 aliphatic heterocycles. The number of benzene rings is 1. The third-order valence-corrected chi connectivity index (χ3v) is 2.87. The van der Waals surface area contributed by atoms with Crippen LogP contribution in [0.3, 0.4) is 0 Å². The molecule has 0 radical (unpaired) electrons. The van der Waals surface area contributed by atoms with E-state index in [-0.39, 0.29) is 5.78 Å². The molecule has 0 saturated heterocycles. The maximum atomic E-state index is 10.8. The Bertz CT molecular complexity index is 502. The SMILES string of the molecule is CC(=O)CCCNCc1c[nH]c2ccccc12. The molecule has 0 saturated carbocycles. The molecule has 2 N–H and O–H groups in total. The Labute approximate surface area is 101 Å². The summed E-state index contributed by atoms with van der Waals surface area (Å²) in [6.07, 6.45) is 3.63. The van der Waals surface area contributed by atoms with Crippen LogP contribution in [0.4, 0.5) is 0 Å². The van der Waals surface area contributed by atoms with Gasteiger partial charge < -0.3 is 15.1 Å². The number of fused-ring (bicyclic) bond motifs is 1. The average molecular weight is 230 g/mol. The second-order valence-electron chi connectivity index (χ2n) is 4.34. The minimum absolute atomic E-state index is 0.263. The Morgan fingerprint density at radius 1 is 1.35 bits per heavy atom. The van der Waals surface area contributed by atoms with Gasteiger partial charge in [0, 0.05) is 30.1 Å². The molecular weight excluding hydrogens is 212 g/mol. The van der Waals surface area contributed by atoms with E-state index in [0.29, 0.717) is 6.42 Å². The summed E-state index contributed by atoms with van der Waals surface area (Å²) in [7, 11) is 0. The minimum atomic E-state index is 0.263. The molecule has 3 nitrogen and oxygen atoms in total. The molecule has 2 rings (SSSR count). The Balaban J connectivity index is 1.85. The van der Waals surface area contributed by atoms with Crippen molar-refractivity contribution in [1.82, 2.24) is 10.3 Å². The zero-order valence-electron chi connectivity index (χ0n) is 10.1. The van der Waals surface area contributed by atoms with Crippen molar-refractivity contribution < 1.29 is 4.79 Å². The van der Waals surface area contributed by atoms with Gasteiger partial charge in [0.15, 0.2) is 0 Å². The highest BCUT2D eigenvalue weighted by atomic mass is 16.1. The predicted molar refractivity (Wildman–Crippen MR) is 69.9 cm³/mol. The Morgan fingerprint density at radius 3 is 3.00 bits per heavy atom. The van der Waals surface area contributed by atoms with Gasteiger partial charge in [-0.2, -0.15) is 0 Å². The van der Waals surface area contributed by atoms with E-state index in [1.807, 2.05) is 12.3 Å². The fourth-order valence-corrected chi connectivity index (χ4v) is 1.96. The molecule has 0 unspecified atom stereocenters. The summed E-state index contributed by atoms with van der Waals surface area (Å²) in [5, 5.41) is 4.63. The van der Waals surface area contributed by atoms with Gasteiger partial charge in [-0.15, -0.1) is 0 Å². The standard InChI is InChI=1S/C14H18N2O/c1-11(17)5-4-8-15-9-12-10-16-14-7-3-2-6-13(12)14/h2-3,6-7,10,15-16H,4-5,8-9H2,1H3. The monoisotopic (exact) mass is 230 g/mol. The van der Waals surface area contributed by atoms with Crippen molar-refractivity contribution in [3.05, 3.63) is 36.0 Å². The van der Waals surface area contributed by atoms with Gasteiger partial charge in [0.1, 0.15) is 5.78 Å². The molecule has 90 valence electrons. The second-order valence-corrected chi connectivity index (χ2v) is 4.34. The predicted octanol–water partition coefficient (Wildman–Crippen LogP) is 2.63. The first kappa shape index (κ1) is 11.9. The van der Waals surface area contributed by atoms with Gasteiger partial charge in [-0.25, -0.2) is 0 Å². The van der Waals surface area contributed by atoms with Crippen LogP contribution in [0.1, 0.15) is 25.3 Å². The molecule has 0 atom stereocenters. The van der Waals surface area contributed by atoms with Crippen LogP contribution in [-0.2, 0) is 11.3 Å². The normalized spacial score (nSPS) is 10.9. The average Bonchev–Trinajstić information content (AvgIpc) is 2.72. The lowest BCUT2D eigenvalue weighted by molar-refractivity contribution is -0.117. The lowest BCUT2D eigenvalue weighted by atomic mass is 10.2. The van der Waals surface area contributed by atoms with Crippen LogP contribution >= 0.6 is 0 Å². The van der Waals surface area contributed by atoms with E-state index in [2.05, 4.69) is 28.5 Å². The highest BCUT2D eigenvalue weighted by molar-refractivity contribution is 5.82. The summed E-state index contributed by atoms with van der Waals surface area (Å²) in [6, 6.07) is 8.28. The fraction of sp³-hybridized carbons (Fsp3) is 0.357. The highest BCUT2D eigenvalue weighted by Gasteiger charge is 2.01.